The number of hydrogen-bond donors (Lipinski definition) is 1. The predicted octanol–water partition coefficient (Wildman–Crippen LogP) is 7.95. The third kappa shape index (κ3) is 6.08. The largest absolute Gasteiger partial charge is 0.493 e. The van der Waals surface area contributed by atoms with Crippen LogP contribution < -0.4 is 19.7 Å². The van der Waals surface area contributed by atoms with Gasteiger partial charge in [0.25, 0.3) is 0 Å². The first-order valence-corrected chi connectivity index (χ1v) is 12.6. The Morgan fingerprint density at radius 3 is 2.48 bits per heavy atom. The van der Waals surface area contributed by atoms with E-state index in [4.69, 9.17) is 32.7 Å². The van der Waals surface area contributed by atoms with Gasteiger partial charge >= 0.3 is 0 Å². The monoisotopic (exact) mass is 548 g/mol. The van der Waals surface area contributed by atoms with Crippen LogP contribution in [0.2, 0.25) is 10.0 Å². The van der Waals surface area contributed by atoms with Gasteiger partial charge in [-0.2, -0.15) is 0 Å². The van der Waals surface area contributed by atoms with Crippen LogP contribution in [0.1, 0.15) is 30.4 Å². The minimum absolute atomic E-state index is 0.355. The van der Waals surface area contributed by atoms with Crippen molar-refractivity contribution in [2.24, 2.45) is 0 Å². The van der Waals surface area contributed by atoms with E-state index >= 15 is 0 Å². The molecule has 0 radical (unpaired) electrons. The van der Waals surface area contributed by atoms with Gasteiger partial charge in [-0.05, 0) is 77.2 Å². The van der Waals surface area contributed by atoms with Crippen LogP contribution >= 0.6 is 39.1 Å². The van der Waals surface area contributed by atoms with E-state index in [2.05, 4.69) is 38.3 Å². The van der Waals surface area contributed by atoms with Crippen LogP contribution in [-0.2, 0) is 13.2 Å². The Morgan fingerprint density at radius 1 is 0.970 bits per heavy atom. The van der Waals surface area contributed by atoms with Crippen molar-refractivity contribution in [1.82, 2.24) is 0 Å². The standard InChI is InChI=1S/C26H27BrCl2N2O2/c1-32-25-14-18(13-21(27)26(25)33-17-19-7-3-4-8-22(19)28)16-30-20-9-10-24(23(29)15-20)31-11-5-2-6-12-31/h3-4,7-10,13-15,30H,2,5-6,11-12,16-17H2,1H3. The molecule has 1 heterocycles. The van der Waals surface area contributed by atoms with Crippen LogP contribution in [0.5, 0.6) is 11.5 Å². The minimum atomic E-state index is 0.355. The molecular weight excluding hydrogens is 523 g/mol. The lowest BCUT2D eigenvalue weighted by atomic mass is 10.1. The van der Waals surface area contributed by atoms with Crippen molar-refractivity contribution in [3.63, 3.8) is 0 Å². The first kappa shape index (κ1) is 24.1. The summed E-state index contributed by atoms with van der Waals surface area (Å²) < 4.78 is 12.5. The average Bonchev–Trinajstić information content (AvgIpc) is 2.83. The molecule has 0 atom stereocenters. The summed E-state index contributed by atoms with van der Waals surface area (Å²) in [4.78, 5) is 2.37. The number of ether oxygens (including phenoxy) is 2. The SMILES string of the molecule is COc1cc(CNc2ccc(N3CCCCC3)c(Cl)c2)cc(Br)c1OCc1ccccc1Cl. The van der Waals surface area contributed by atoms with Crippen molar-refractivity contribution in [2.75, 3.05) is 30.4 Å². The van der Waals surface area contributed by atoms with Crippen LogP contribution in [0.4, 0.5) is 11.4 Å². The van der Waals surface area contributed by atoms with Gasteiger partial charge in [0.15, 0.2) is 11.5 Å². The maximum atomic E-state index is 6.60. The van der Waals surface area contributed by atoms with Gasteiger partial charge < -0.3 is 19.7 Å². The molecule has 0 amide bonds. The second-order valence-corrected chi connectivity index (χ2v) is 9.73. The fraction of sp³-hybridized carbons (Fsp3) is 0.308. The number of nitrogens with zero attached hydrogens (tertiary/aromatic N) is 1. The van der Waals surface area contributed by atoms with Crippen molar-refractivity contribution in [2.45, 2.75) is 32.4 Å². The van der Waals surface area contributed by atoms with Crippen molar-refractivity contribution >= 4 is 50.5 Å². The van der Waals surface area contributed by atoms with E-state index in [-0.39, 0.29) is 0 Å². The van der Waals surface area contributed by atoms with Crippen molar-refractivity contribution < 1.29 is 9.47 Å². The fourth-order valence-corrected chi connectivity index (χ4v) is 5.09. The molecule has 1 N–H and O–H groups in total. The predicted molar refractivity (Wildman–Crippen MR) is 141 cm³/mol. The van der Waals surface area contributed by atoms with E-state index in [0.717, 1.165) is 45.1 Å². The summed E-state index contributed by atoms with van der Waals surface area (Å²) in [5, 5.41) is 4.92. The van der Waals surface area contributed by atoms with Crippen LogP contribution in [0.15, 0.2) is 59.1 Å². The van der Waals surface area contributed by atoms with E-state index in [1.807, 2.05) is 42.5 Å². The second kappa shape index (κ2) is 11.4. The number of benzene rings is 3. The molecule has 0 aromatic heterocycles. The average molecular weight is 550 g/mol. The highest BCUT2D eigenvalue weighted by atomic mass is 79.9. The lowest BCUT2D eigenvalue weighted by Gasteiger charge is -2.29. The fourth-order valence-electron chi connectivity index (χ4n) is 3.99. The molecule has 0 unspecified atom stereocenters. The summed E-state index contributed by atoms with van der Waals surface area (Å²) >= 11 is 16.5. The van der Waals surface area contributed by atoms with Gasteiger partial charge in [-0.25, -0.2) is 0 Å². The van der Waals surface area contributed by atoms with Crippen LogP contribution in [0.25, 0.3) is 0 Å². The summed E-state index contributed by atoms with van der Waals surface area (Å²) in [6.07, 6.45) is 3.76. The van der Waals surface area contributed by atoms with Gasteiger partial charge in [-0.15, -0.1) is 0 Å². The quantitative estimate of drug-likeness (QED) is 0.309. The van der Waals surface area contributed by atoms with Crippen LogP contribution in [-0.4, -0.2) is 20.2 Å². The number of piperidine rings is 1. The Morgan fingerprint density at radius 2 is 1.76 bits per heavy atom. The Kier molecular flexibility index (Phi) is 8.29. The third-order valence-corrected chi connectivity index (χ3v) is 7.02. The Bertz CT molecular complexity index is 1100. The lowest BCUT2D eigenvalue weighted by Crippen LogP contribution is -2.29. The number of rotatable bonds is 8. The molecule has 7 heteroatoms. The molecule has 3 aromatic rings. The number of anilines is 2. The Hall–Kier alpha value is -2.08. The molecule has 1 aliphatic rings. The zero-order valence-corrected chi connectivity index (χ0v) is 21.6. The van der Waals surface area contributed by atoms with Gasteiger partial charge in [0, 0.05) is 35.9 Å². The smallest absolute Gasteiger partial charge is 0.175 e. The molecular formula is C26H27BrCl2N2O2. The van der Waals surface area contributed by atoms with E-state index in [0.29, 0.717) is 29.7 Å². The van der Waals surface area contributed by atoms with E-state index in [1.54, 1.807) is 7.11 Å². The van der Waals surface area contributed by atoms with Gasteiger partial charge in [-0.3, -0.25) is 0 Å². The van der Waals surface area contributed by atoms with Crippen molar-refractivity contribution in [3.8, 4) is 11.5 Å². The first-order chi connectivity index (χ1) is 16.0. The molecule has 0 bridgehead atoms. The molecule has 4 nitrogen and oxygen atoms in total. The molecule has 33 heavy (non-hydrogen) atoms. The molecule has 1 fully saturated rings. The molecule has 3 aromatic carbocycles. The maximum absolute atomic E-state index is 6.60. The van der Waals surface area contributed by atoms with Gasteiger partial charge in [0.2, 0.25) is 0 Å². The maximum Gasteiger partial charge on any atom is 0.175 e. The molecule has 0 saturated carbocycles. The van der Waals surface area contributed by atoms with Gasteiger partial charge in [0.1, 0.15) is 6.61 Å². The molecule has 1 aliphatic heterocycles. The third-order valence-electron chi connectivity index (χ3n) is 5.76. The highest BCUT2D eigenvalue weighted by molar-refractivity contribution is 9.10. The Balaban J connectivity index is 1.42. The summed E-state index contributed by atoms with van der Waals surface area (Å²) in [7, 11) is 1.64. The lowest BCUT2D eigenvalue weighted by molar-refractivity contribution is 0.282. The van der Waals surface area contributed by atoms with E-state index in [1.165, 1.54) is 19.3 Å². The van der Waals surface area contributed by atoms with Gasteiger partial charge in [0.05, 0.1) is 22.3 Å². The van der Waals surface area contributed by atoms with Gasteiger partial charge in [-0.1, -0.05) is 41.4 Å². The minimum Gasteiger partial charge on any atom is -0.493 e. The normalized spacial score (nSPS) is 13.6. The summed E-state index contributed by atoms with van der Waals surface area (Å²) in [5.41, 5.74) is 4.07. The molecule has 174 valence electrons. The zero-order valence-electron chi connectivity index (χ0n) is 18.5. The molecule has 1 saturated heterocycles. The number of methoxy groups -OCH3 is 1. The van der Waals surface area contributed by atoms with E-state index < -0.39 is 0 Å². The zero-order chi connectivity index (χ0) is 23.2. The highest BCUT2D eigenvalue weighted by Gasteiger charge is 2.15. The van der Waals surface area contributed by atoms with Crippen LogP contribution in [0.3, 0.4) is 0 Å². The van der Waals surface area contributed by atoms with Crippen molar-refractivity contribution in [1.29, 1.82) is 0 Å². The summed E-state index contributed by atoms with van der Waals surface area (Å²) in [6.45, 7) is 3.13. The van der Waals surface area contributed by atoms with E-state index in [9.17, 15) is 0 Å². The van der Waals surface area contributed by atoms with Crippen LogP contribution in [0, 0.1) is 0 Å². The summed E-state index contributed by atoms with van der Waals surface area (Å²) in [5.74, 6) is 1.31. The highest BCUT2D eigenvalue weighted by Crippen LogP contribution is 2.38. The summed E-state index contributed by atoms with van der Waals surface area (Å²) in [6, 6.07) is 17.8. The molecule has 0 aliphatic carbocycles. The number of halogens is 3. The number of hydrogen-bond acceptors (Lipinski definition) is 4. The number of nitrogens with one attached hydrogen (secondary N) is 1. The Labute approximate surface area is 213 Å². The second-order valence-electron chi connectivity index (χ2n) is 8.06. The van der Waals surface area contributed by atoms with Crippen molar-refractivity contribution in [3.05, 3.63) is 80.2 Å². The first-order valence-electron chi connectivity index (χ1n) is 11.1. The topological polar surface area (TPSA) is 33.7 Å². The molecule has 4 rings (SSSR count). The molecule has 0 spiro atoms.